The van der Waals surface area contributed by atoms with Crippen molar-refractivity contribution in [2.45, 2.75) is 25.3 Å². The van der Waals surface area contributed by atoms with Crippen LogP contribution in [0.3, 0.4) is 0 Å². The summed E-state index contributed by atoms with van der Waals surface area (Å²) in [6, 6.07) is 9.65. The molecule has 0 radical (unpaired) electrons. The van der Waals surface area contributed by atoms with Crippen LogP contribution < -0.4 is 14.8 Å². The van der Waals surface area contributed by atoms with Crippen molar-refractivity contribution >= 4 is 5.97 Å². The maximum absolute atomic E-state index is 11.7. The molecule has 27 heavy (non-hydrogen) atoms. The van der Waals surface area contributed by atoms with E-state index in [2.05, 4.69) is 5.32 Å². The third kappa shape index (κ3) is 3.85. The molecule has 0 bridgehead atoms. The molecule has 1 heterocycles. The van der Waals surface area contributed by atoms with Gasteiger partial charge in [0.25, 0.3) is 0 Å². The first-order valence-electron chi connectivity index (χ1n) is 8.92. The minimum absolute atomic E-state index is 0.0904. The van der Waals surface area contributed by atoms with Gasteiger partial charge in [0.15, 0.2) is 11.5 Å². The molecule has 0 fully saturated rings. The lowest BCUT2D eigenvalue weighted by Crippen LogP contribution is -2.31. The standard InChI is InChI=1S/C21H25NO5/c1-25-17-11-15-8-9-22-16(19(15)20(24)21(17)27-3)10-13-6-4-5-7-14(13)12-18(23)26-2/h4-7,11,16,22,24H,8-10,12H2,1-3H3. The summed E-state index contributed by atoms with van der Waals surface area (Å²) < 4.78 is 15.5. The number of methoxy groups -OCH3 is 3. The van der Waals surface area contributed by atoms with Gasteiger partial charge in [-0.05, 0) is 42.1 Å². The Morgan fingerprint density at radius 3 is 2.59 bits per heavy atom. The summed E-state index contributed by atoms with van der Waals surface area (Å²) in [4.78, 5) is 11.7. The third-order valence-corrected chi connectivity index (χ3v) is 5.01. The summed E-state index contributed by atoms with van der Waals surface area (Å²) >= 11 is 0. The summed E-state index contributed by atoms with van der Waals surface area (Å²) in [6.45, 7) is 0.797. The highest BCUT2D eigenvalue weighted by molar-refractivity contribution is 5.73. The molecule has 0 spiro atoms. The molecule has 6 heteroatoms. The Labute approximate surface area is 159 Å². The zero-order chi connectivity index (χ0) is 19.4. The van der Waals surface area contributed by atoms with Crippen molar-refractivity contribution < 1.29 is 24.1 Å². The Bertz CT molecular complexity index is 834. The van der Waals surface area contributed by atoms with Gasteiger partial charge in [0.2, 0.25) is 5.75 Å². The largest absolute Gasteiger partial charge is 0.504 e. The lowest BCUT2D eigenvalue weighted by Gasteiger charge is -2.29. The van der Waals surface area contributed by atoms with Gasteiger partial charge in [-0.3, -0.25) is 4.79 Å². The number of hydrogen-bond acceptors (Lipinski definition) is 6. The van der Waals surface area contributed by atoms with Crippen LogP contribution in [0.25, 0.3) is 0 Å². The maximum Gasteiger partial charge on any atom is 0.309 e. The monoisotopic (exact) mass is 371 g/mol. The average molecular weight is 371 g/mol. The van der Waals surface area contributed by atoms with Gasteiger partial charge in [-0.15, -0.1) is 0 Å². The van der Waals surface area contributed by atoms with Gasteiger partial charge in [-0.2, -0.15) is 0 Å². The van der Waals surface area contributed by atoms with Gasteiger partial charge in [-0.25, -0.2) is 0 Å². The second-order valence-corrected chi connectivity index (χ2v) is 6.52. The van der Waals surface area contributed by atoms with E-state index in [1.165, 1.54) is 14.2 Å². The first-order valence-corrected chi connectivity index (χ1v) is 8.92. The molecule has 0 saturated heterocycles. The Morgan fingerprint density at radius 2 is 1.93 bits per heavy atom. The molecule has 0 aromatic heterocycles. The van der Waals surface area contributed by atoms with Crippen LogP contribution in [0.15, 0.2) is 30.3 Å². The number of phenolic OH excluding ortho intramolecular Hbond substituents is 1. The van der Waals surface area contributed by atoms with Crippen molar-refractivity contribution in [2.75, 3.05) is 27.9 Å². The molecule has 1 aliphatic rings. The van der Waals surface area contributed by atoms with E-state index in [0.29, 0.717) is 17.9 Å². The van der Waals surface area contributed by atoms with Crippen molar-refractivity contribution in [3.05, 3.63) is 52.6 Å². The summed E-state index contributed by atoms with van der Waals surface area (Å²) in [5.74, 6) is 0.705. The smallest absolute Gasteiger partial charge is 0.309 e. The molecule has 3 rings (SSSR count). The fraction of sp³-hybridized carbons (Fsp3) is 0.381. The van der Waals surface area contributed by atoms with Crippen LogP contribution in [0.1, 0.15) is 28.3 Å². The van der Waals surface area contributed by atoms with Crippen LogP contribution in [-0.4, -0.2) is 38.9 Å². The van der Waals surface area contributed by atoms with E-state index in [9.17, 15) is 9.90 Å². The lowest BCUT2D eigenvalue weighted by atomic mass is 9.87. The molecule has 1 unspecified atom stereocenters. The molecule has 0 saturated carbocycles. The minimum atomic E-state index is -0.270. The van der Waals surface area contributed by atoms with E-state index in [0.717, 1.165) is 35.2 Å². The first kappa shape index (κ1) is 19.0. The quantitative estimate of drug-likeness (QED) is 0.760. The summed E-state index contributed by atoms with van der Waals surface area (Å²) in [5.41, 5.74) is 3.84. The Kier molecular flexibility index (Phi) is 5.86. The lowest BCUT2D eigenvalue weighted by molar-refractivity contribution is -0.139. The first-order chi connectivity index (χ1) is 13.1. The molecule has 6 nitrogen and oxygen atoms in total. The van der Waals surface area contributed by atoms with E-state index in [4.69, 9.17) is 14.2 Å². The van der Waals surface area contributed by atoms with E-state index in [-0.39, 0.29) is 24.2 Å². The number of phenols is 1. The number of esters is 1. The predicted octanol–water partition coefficient (Wildman–Crippen LogP) is 2.55. The number of ether oxygens (including phenoxy) is 3. The highest BCUT2D eigenvalue weighted by Gasteiger charge is 2.28. The molecule has 2 aromatic carbocycles. The van der Waals surface area contributed by atoms with E-state index < -0.39 is 0 Å². The minimum Gasteiger partial charge on any atom is -0.504 e. The number of fused-ring (bicyclic) bond motifs is 1. The summed E-state index contributed by atoms with van der Waals surface area (Å²) in [7, 11) is 4.47. The second kappa shape index (κ2) is 8.31. The Balaban J connectivity index is 1.97. The molecule has 2 aromatic rings. The van der Waals surface area contributed by atoms with E-state index >= 15 is 0 Å². The highest BCUT2D eigenvalue weighted by atomic mass is 16.5. The molecule has 2 N–H and O–H groups in total. The zero-order valence-electron chi connectivity index (χ0n) is 15.9. The highest BCUT2D eigenvalue weighted by Crippen LogP contribution is 2.45. The Hall–Kier alpha value is -2.73. The fourth-order valence-corrected chi connectivity index (χ4v) is 3.67. The molecule has 0 aliphatic carbocycles. The topological polar surface area (TPSA) is 77.0 Å². The molecule has 144 valence electrons. The van der Waals surface area contributed by atoms with Gasteiger partial charge >= 0.3 is 5.97 Å². The molecular formula is C21H25NO5. The van der Waals surface area contributed by atoms with Gasteiger partial charge in [0.05, 0.1) is 27.8 Å². The van der Waals surface area contributed by atoms with Crippen molar-refractivity contribution in [2.24, 2.45) is 0 Å². The molecule has 0 amide bonds. The van der Waals surface area contributed by atoms with Crippen LogP contribution >= 0.6 is 0 Å². The van der Waals surface area contributed by atoms with Crippen molar-refractivity contribution in [3.8, 4) is 17.2 Å². The number of carbonyl (C=O) groups is 1. The normalized spacial score (nSPS) is 15.7. The summed E-state index contributed by atoms with van der Waals surface area (Å²) in [6.07, 6.45) is 1.66. The number of rotatable bonds is 6. The molecule has 1 aliphatic heterocycles. The third-order valence-electron chi connectivity index (χ3n) is 5.01. The average Bonchev–Trinajstić information content (AvgIpc) is 2.69. The molecule has 1 atom stereocenters. The molecular weight excluding hydrogens is 346 g/mol. The van der Waals surface area contributed by atoms with E-state index in [1.54, 1.807) is 7.11 Å². The second-order valence-electron chi connectivity index (χ2n) is 6.52. The Morgan fingerprint density at radius 1 is 1.19 bits per heavy atom. The number of hydrogen-bond donors (Lipinski definition) is 2. The number of carbonyl (C=O) groups excluding carboxylic acids is 1. The van der Waals surface area contributed by atoms with Gasteiger partial charge in [0, 0.05) is 11.6 Å². The van der Waals surface area contributed by atoms with Gasteiger partial charge in [-0.1, -0.05) is 24.3 Å². The number of nitrogens with one attached hydrogen (secondary N) is 1. The van der Waals surface area contributed by atoms with Crippen molar-refractivity contribution in [1.29, 1.82) is 0 Å². The van der Waals surface area contributed by atoms with Crippen LogP contribution in [0.4, 0.5) is 0 Å². The number of aromatic hydroxyl groups is 1. The van der Waals surface area contributed by atoms with Crippen LogP contribution in [-0.2, 0) is 28.8 Å². The van der Waals surface area contributed by atoms with Crippen LogP contribution in [0, 0.1) is 0 Å². The van der Waals surface area contributed by atoms with Crippen molar-refractivity contribution in [3.63, 3.8) is 0 Å². The zero-order valence-corrected chi connectivity index (χ0v) is 15.9. The maximum atomic E-state index is 11.7. The fourth-order valence-electron chi connectivity index (χ4n) is 3.67. The van der Waals surface area contributed by atoms with Gasteiger partial charge in [0.1, 0.15) is 0 Å². The van der Waals surface area contributed by atoms with E-state index in [1.807, 2.05) is 30.3 Å². The summed E-state index contributed by atoms with van der Waals surface area (Å²) in [5, 5.41) is 14.3. The van der Waals surface area contributed by atoms with Crippen molar-refractivity contribution in [1.82, 2.24) is 5.32 Å². The predicted molar refractivity (Wildman–Crippen MR) is 102 cm³/mol. The SMILES string of the molecule is COC(=O)Cc1ccccc1CC1NCCc2cc(OC)c(OC)c(O)c21. The number of benzene rings is 2. The van der Waals surface area contributed by atoms with Crippen LogP contribution in [0.2, 0.25) is 0 Å². The van der Waals surface area contributed by atoms with Crippen LogP contribution in [0.5, 0.6) is 17.2 Å². The van der Waals surface area contributed by atoms with Gasteiger partial charge < -0.3 is 24.6 Å².